The first kappa shape index (κ1) is 13.8. The van der Waals surface area contributed by atoms with E-state index in [1.807, 2.05) is 6.92 Å². The number of hydrogen-bond acceptors (Lipinski definition) is 4. The summed E-state index contributed by atoms with van der Waals surface area (Å²) < 4.78 is 24.4. The largest absolute Gasteiger partial charge is 0.384 e. The molecule has 5 nitrogen and oxygen atoms in total. The highest BCUT2D eigenvalue weighted by Gasteiger charge is 2.14. The topological polar surface area (TPSA) is 72.2 Å². The second-order valence-electron chi connectivity index (χ2n) is 4.37. The van der Waals surface area contributed by atoms with Crippen LogP contribution in [0.25, 0.3) is 0 Å². The van der Waals surface area contributed by atoms with E-state index in [-0.39, 0.29) is 4.90 Å². The second-order valence-corrected chi connectivity index (χ2v) is 6.39. The Balaban J connectivity index is 2.27. The van der Waals surface area contributed by atoms with Gasteiger partial charge in [0.05, 0.1) is 11.1 Å². The van der Waals surface area contributed by atoms with Gasteiger partial charge in [0.2, 0.25) is 0 Å². The quantitative estimate of drug-likeness (QED) is 0.918. The minimum atomic E-state index is -3.21. The fourth-order valence-electron chi connectivity index (χ4n) is 1.78. The molecule has 0 saturated heterocycles. The van der Waals surface area contributed by atoms with Crippen molar-refractivity contribution in [2.75, 3.05) is 6.26 Å². The molecular weight excluding hydrogens is 264 g/mol. The molecule has 0 amide bonds. The van der Waals surface area contributed by atoms with E-state index in [4.69, 9.17) is 0 Å². The van der Waals surface area contributed by atoms with E-state index in [1.54, 1.807) is 29.2 Å². The third kappa shape index (κ3) is 3.02. The molecule has 0 aliphatic rings. The molecule has 1 atom stereocenters. The monoisotopic (exact) mass is 280 g/mol. The van der Waals surface area contributed by atoms with Crippen LogP contribution in [0.2, 0.25) is 0 Å². The molecule has 1 aromatic heterocycles. The normalized spacial score (nSPS) is 13.4. The summed E-state index contributed by atoms with van der Waals surface area (Å²) in [5, 5.41) is 14.3. The van der Waals surface area contributed by atoms with Gasteiger partial charge in [-0.15, -0.1) is 0 Å². The summed E-state index contributed by atoms with van der Waals surface area (Å²) in [7, 11) is -3.21. The number of aliphatic hydroxyl groups is 1. The Morgan fingerprint density at radius 2 is 1.89 bits per heavy atom. The summed E-state index contributed by atoms with van der Waals surface area (Å²) in [5.41, 5.74) is 1.33. The summed E-state index contributed by atoms with van der Waals surface area (Å²) in [5.74, 6) is 0. The van der Waals surface area contributed by atoms with Gasteiger partial charge in [-0.3, -0.25) is 4.68 Å². The van der Waals surface area contributed by atoms with Gasteiger partial charge in [-0.25, -0.2) is 8.42 Å². The van der Waals surface area contributed by atoms with Crippen molar-refractivity contribution < 1.29 is 13.5 Å². The molecule has 1 heterocycles. The van der Waals surface area contributed by atoms with E-state index in [0.717, 1.165) is 12.8 Å². The molecule has 102 valence electrons. The maximum Gasteiger partial charge on any atom is 0.175 e. The third-order valence-corrected chi connectivity index (χ3v) is 4.05. The molecule has 0 bridgehead atoms. The van der Waals surface area contributed by atoms with Crippen LogP contribution in [0.3, 0.4) is 0 Å². The first-order chi connectivity index (χ1) is 8.91. The van der Waals surface area contributed by atoms with Crippen LogP contribution in [-0.4, -0.2) is 29.6 Å². The van der Waals surface area contributed by atoms with Crippen molar-refractivity contribution >= 4 is 9.84 Å². The van der Waals surface area contributed by atoms with Gasteiger partial charge in [-0.2, -0.15) is 5.10 Å². The molecule has 1 N–H and O–H groups in total. The summed E-state index contributed by atoms with van der Waals surface area (Å²) >= 11 is 0. The third-order valence-electron chi connectivity index (χ3n) is 2.92. The highest BCUT2D eigenvalue weighted by Crippen LogP contribution is 2.22. The van der Waals surface area contributed by atoms with E-state index in [9.17, 15) is 13.5 Å². The zero-order valence-corrected chi connectivity index (χ0v) is 11.6. The van der Waals surface area contributed by atoms with Crippen molar-refractivity contribution in [3.63, 3.8) is 0 Å². The number of aromatic nitrogens is 2. The standard InChI is InChI=1S/C13H16N2O3S/c1-3-15-9-11(8-14-15)13(16)10-4-6-12(7-5-10)19(2,17)18/h4-9,13,16H,3H2,1-2H3. The molecule has 0 spiro atoms. The maximum absolute atomic E-state index is 11.4. The Labute approximate surface area is 112 Å². The number of benzene rings is 1. The fourth-order valence-corrected chi connectivity index (χ4v) is 2.41. The summed E-state index contributed by atoms with van der Waals surface area (Å²) in [6, 6.07) is 6.23. The number of rotatable bonds is 4. The lowest BCUT2D eigenvalue weighted by Crippen LogP contribution is -2.01. The first-order valence-corrected chi connectivity index (χ1v) is 7.81. The minimum Gasteiger partial charge on any atom is -0.384 e. The van der Waals surface area contributed by atoms with Crippen molar-refractivity contribution in [2.45, 2.75) is 24.5 Å². The average Bonchev–Trinajstić information content (AvgIpc) is 2.86. The Morgan fingerprint density at radius 1 is 1.26 bits per heavy atom. The van der Waals surface area contributed by atoms with Crippen molar-refractivity contribution in [1.82, 2.24) is 9.78 Å². The van der Waals surface area contributed by atoms with Crippen LogP contribution in [-0.2, 0) is 16.4 Å². The number of aryl methyl sites for hydroxylation is 1. The van der Waals surface area contributed by atoms with Gasteiger partial charge in [0.1, 0.15) is 6.10 Å². The Hall–Kier alpha value is -1.66. The van der Waals surface area contributed by atoms with Crippen LogP contribution in [0, 0.1) is 0 Å². The molecule has 1 unspecified atom stereocenters. The molecule has 0 aliphatic carbocycles. The molecular formula is C13H16N2O3S. The van der Waals surface area contributed by atoms with Crippen molar-refractivity contribution in [3.8, 4) is 0 Å². The highest BCUT2D eigenvalue weighted by atomic mass is 32.2. The van der Waals surface area contributed by atoms with Crippen molar-refractivity contribution in [1.29, 1.82) is 0 Å². The Bertz CT molecular complexity index is 659. The van der Waals surface area contributed by atoms with Gasteiger partial charge in [0, 0.05) is 24.6 Å². The maximum atomic E-state index is 11.4. The van der Waals surface area contributed by atoms with Crippen LogP contribution in [0.4, 0.5) is 0 Å². The average molecular weight is 280 g/mol. The van der Waals surface area contributed by atoms with E-state index in [1.165, 1.54) is 12.1 Å². The Morgan fingerprint density at radius 3 is 2.37 bits per heavy atom. The van der Waals surface area contributed by atoms with Gasteiger partial charge >= 0.3 is 0 Å². The number of hydrogen-bond donors (Lipinski definition) is 1. The number of sulfone groups is 1. The van der Waals surface area contributed by atoms with Crippen molar-refractivity contribution in [2.24, 2.45) is 0 Å². The predicted octanol–water partition coefficient (Wildman–Crippen LogP) is 1.39. The zero-order chi connectivity index (χ0) is 14.0. The number of nitrogens with zero attached hydrogens (tertiary/aromatic N) is 2. The molecule has 0 saturated carbocycles. The molecule has 6 heteroatoms. The van der Waals surface area contributed by atoms with Crippen LogP contribution in [0.15, 0.2) is 41.6 Å². The predicted molar refractivity (Wildman–Crippen MR) is 71.5 cm³/mol. The van der Waals surface area contributed by atoms with Gasteiger partial charge < -0.3 is 5.11 Å². The highest BCUT2D eigenvalue weighted by molar-refractivity contribution is 7.90. The molecule has 2 rings (SSSR count). The Kier molecular flexibility index (Phi) is 3.73. The van der Waals surface area contributed by atoms with Crippen molar-refractivity contribution in [3.05, 3.63) is 47.8 Å². The SMILES string of the molecule is CCn1cc(C(O)c2ccc(S(C)(=O)=O)cc2)cn1. The fraction of sp³-hybridized carbons (Fsp3) is 0.308. The lowest BCUT2D eigenvalue weighted by atomic mass is 10.1. The van der Waals surface area contributed by atoms with Gasteiger partial charge in [-0.05, 0) is 24.6 Å². The second kappa shape index (κ2) is 5.14. The van der Waals surface area contributed by atoms with Crippen LogP contribution < -0.4 is 0 Å². The molecule has 0 aliphatic heterocycles. The first-order valence-electron chi connectivity index (χ1n) is 5.92. The molecule has 1 aromatic carbocycles. The van der Waals surface area contributed by atoms with E-state index in [0.29, 0.717) is 11.1 Å². The summed E-state index contributed by atoms with van der Waals surface area (Å²) in [6.07, 6.45) is 3.74. The van der Waals surface area contributed by atoms with E-state index < -0.39 is 15.9 Å². The smallest absolute Gasteiger partial charge is 0.175 e. The molecule has 2 aromatic rings. The molecule has 0 radical (unpaired) electrons. The van der Waals surface area contributed by atoms with Crippen LogP contribution >= 0.6 is 0 Å². The lowest BCUT2D eigenvalue weighted by molar-refractivity contribution is 0.220. The molecule has 19 heavy (non-hydrogen) atoms. The van der Waals surface area contributed by atoms with Gasteiger partial charge in [0.25, 0.3) is 0 Å². The van der Waals surface area contributed by atoms with Gasteiger partial charge in [-0.1, -0.05) is 12.1 Å². The van der Waals surface area contributed by atoms with Crippen LogP contribution in [0.5, 0.6) is 0 Å². The number of aliphatic hydroxyl groups excluding tert-OH is 1. The summed E-state index contributed by atoms with van der Waals surface area (Å²) in [4.78, 5) is 0.243. The van der Waals surface area contributed by atoms with E-state index >= 15 is 0 Å². The van der Waals surface area contributed by atoms with E-state index in [2.05, 4.69) is 5.10 Å². The van der Waals surface area contributed by atoms with Crippen LogP contribution in [0.1, 0.15) is 24.2 Å². The zero-order valence-electron chi connectivity index (χ0n) is 10.8. The minimum absolute atomic E-state index is 0.243. The lowest BCUT2D eigenvalue weighted by Gasteiger charge is -2.09. The molecule has 0 fully saturated rings. The van der Waals surface area contributed by atoms with Gasteiger partial charge in [0.15, 0.2) is 9.84 Å². The summed E-state index contributed by atoms with van der Waals surface area (Å²) in [6.45, 7) is 2.70.